The van der Waals surface area contributed by atoms with Gasteiger partial charge in [0.15, 0.2) is 0 Å². The van der Waals surface area contributed by atoms with Crippen molar-refractivity contribution >= 4 is 23.3 Å². The summed E-state index contributed by atoms with van der Waals surface area (Å²) in [4.78, 5) is 40.4. The van der Waals surface area contributed by atoms with Crippen molar-refractivity contribution in [1.29, 1.82) is 0 Å². The van der Waals surface area contributed by atoms with Crippen molar-refractivity contribution in [3.63, 3.8) is 0 Å². The van der Waals surface area contributed by atoms with Crippen molar-refractivity contribution in [2.45, 2.75) is 32.6 Å². The summed E-state index contributed by atoms with van der Waals surface area (Å²) in [6.45, 7) is 2.90. The molecule has 2 saturated heterocycles. The first kappa shape index (κ1) is 15.4. The maximum atomic E-state index is 12.4. The minimum absolute atomic E-state index is 0.0435. The molecule has 1 spiro atoms. The average molecular weight is 318 g/mol. The summed E-state index contributed by atoms with van der Waals surface area (Å²) in [6.07, 6.45) is 3.64. The average Bonchev–Trinajstić information content (AvgIpc) is 2.86. The molecule has 2 amide bonds. The second kappa shape index (κ2) is 5.60. The number of carbonyl (C=O) groups excluding carboxylic acids is 2. The van der Waals surface area contributed by atoms with E-state index in [0.29, 0.717) is 50.2 Å². The quantitative estimate of drug-likeness (QED) is 0.501. The van der Waals surface area contributed by atoms with Crippen molar-refractivity contribution in [2.75, 3.05) is 18.0 Å². The van der Waals surface area contributed by atoms with Crippen molar-refractivity contribution in [1.82, 2.24) is 10.3 Å². The number of carbonyl (C=O) groups is 2. The van der Waals surface area contributed by atoms with Crippen LogP contribution >= 0.6 is 0 Å². The van der Waals surface area contributed by atoms with Crippen LogP contribution in [0, 0.1) is 22.5 Å². The number of aromatic nitrogens is 1. The molecule has 1 aromatic heterocycles. The highest BCUT2D eigenvalue weighted by molar-refractivity contribution is 5.99. The SMILES string of the molecule is Cc1cc([N+](=O)[O-])cnc1N1CCC2(CCCC(=O)NC2=O)C1. The Morgan fingerprint density at radius 3 is 2.87 bits per heavy atom. The van der Waals surface area contributed by atoms with Gasteiger partial charge in [-0.15, -0.1) is 0 Å². The molecular weight excluding hydrogens is 300 g/mol. The highest BCUT2D eigenvalue weighted by Crippen LogP contribution is 2.39. The zero-order chi connectivity index (χ0) is 16.6. The highest BCUT2D eigenvalue weighted by atomic mass is 16.6. The van der Waals surface area contributed by atoms with Gasteiger partial charge in [-0.2, -0.15) is 0 Å². The molecule has 23 heavy (non-hydrogen) atoms. The van der Waals surface area contributed by atoms with Gasteiger partial charge in [0, 0.05) is 25.6 Å². The fraction of sp³-hybridized carbons (Fsp3) is 0.533. The second-order valence-corrected chi connectivity index (χ2v) is 6.27. The first-order valence-electron chi connectivity index (χ1n) is 7.62. The summed E-state index contributed by atoms with van der Waals surface area (Å²) in [7, 11) is 0. The normalized spacial score (nSPS) is 24.7. The van der Waals surface area contributed by atoms with E-state index in [-0.39, 0.29) is 17.5 Å². The van der Waals surface area contributed by atoms with Crippen molar-refractivity contribution < 1.29 is 14.5 Å². The molecule has 2 aliphatic rings. The van der Waals surface area contributed by atoms with E-state index >= 15 is 0 Å². The summed E-state index contributed by atoms with van der Waals surface area (Å²) >= 11 is 0. The lowest BCUT2D eigenvalue weighted by molar-refractivity contribution is -0.385. The molecule has 0 saturated carbocycles. The number of rotatable bonds is 2. The molecule has 3 heterocycles. The number of hydrogen-bond donors (Lipinski definition) is 1. The molecule has 0 radical (unpaired) electrons. The lowest BCUT2D eigenvalue weighted by Crippen LogP contribution is -2.43. The van der Waals surface area contributed by atoms with Gasteiger partial charge < -0.3 is 4.90 Å². The predicted octanol–water partition coefficient (Wildman–Crippen LogP) is 1.32. The summed E-state index contributed by atoms with van der Waals surface area (Å²) in [5, 5.41) is 13.3. The van der Waals surface area contributed by atoms with Gasteiger partial charge in [-0.3, -0.25) is 25.0 Å². The number of pyridine rings is 1. The number of hydrogen-bond acceptors (Lipinski definition) is 6. The zero-order valence-electron chi connectivity index (χ0n) is 12.9. The van der Waals surface area contributed by atoms with E-state index in [1.54, 1.807) is 6.92 Å². The van der Waals surface area contributed by atoms with Crippen LogP contribution in [0.3, 0.4) is 0 Å². The molecule has 1 atom stereocenters. The number of anilines is 1. The van der Waals surface area contributed by atoms with Gasteiger partial charge in [0.25, 0.3) is 5.69 Å². The van der Waals surface area contributed by atoms with Gasteiger partial charge in [-0.1, -0.05) is 0 Å². The van der Waals surface area contributed by atoms with E-state index < -0.39 is 10.3 Å². The standard InChI is InChI=1S/C15H18N4O4/c1-10-7-11(19(22)23)8-16-13(10)18-6-5-15(9-18)4-2-3-12(20)17-14(15)21/h7-8H,2-6,9H2,1H3,(H,17,20,21). The molecule has 122 valence electrons. The van der Waals surface area contributed by atoms with Gasteiger partial charge >= 0.3 is 0 Å². The van der Waals surface area contributed by atoms with Crippen LogP contribution < -0.4 is 10.2 Å². The molecule has 8 nitrogen and oxygen atoms in total. The molecule has 2 fully saturated rings. The lowest BCUT2D eigenvalue weighted by atomic mass is 9.82. The van der Waals surface area contributed by atoms with Crippen LogP contribution in [0.1, 0.15) is 31.2 Å². The number of nitrogens with zero attached hydrogens (tertiary/aromatic N) is 3. The topological polar surface area (TPSA) is 105 Å². The van der Waals surface area contributed by atoms with Gasteiger partial charge in [-0.05, 0) is 31.7 Å². The monoisotopic (exact) mass is 318 g/mol. The first-order valence-corrected chi connectivity index (χ1v) is 7.62. The summed E-state index contributed by atoms with van der Waals surface area (Å²) in [5.74, 6) is 0.243. The van der Waals surface area contributed by atoms with Gasteiger partial charge in [-0.25, -0.2) is 4.98 Å². The third kappa shape index (κ3) is 2.76. The smallest absolute Gasteiger partial charge is 0.287 e. The van der Waals surface area contributed by atoms with Crippen molar-refractivity contribution in [3.05, 3.63) is 27.9 Å². The Labute approximate surface area is 133 Å². The molecule has 0 aromatic carbocycles. The van der Waals surface area contributed by atoms with Crippen LogP contribution in [0.25, 0.3) is 0 Å². The van der Waals surface area contributed by atoms with Crippen LogP contribution in [0.4, 0.5) is 11.5 Å². The summed E-state index contributed by atoms with van der Waals surface area (Å²) in [6, 6.07) is 1.49. The van der Waals surface area contributed by atoms with E-state index in [1.807, 2.05) is 4.90 Å². The first-order chi connectivity index (χ1) is 10.9. The molecule has 1 unspecified atom stereocenters. The fourth-order valence-corrected chi connectivity index (χ4v) is 3.45. The molecular formula is C15H18N4O4. The van der Waals surface area contributed by atoms with E-state index in [0.717, 1.165) is 0 Å². The van der Waals surface area contributed by atoms with E-state index in [4.69, 9.17) is 0 Å². The number of nitrogens with one attached hydrogen (secondary N) is 1. The Bertz CT molecular complexity index is 690. The molecule has 2 aliphatic heterocycles. The number of nitro groups is 1. The van der Waals surface area contributed by atoms with Crippen molar-refractivity contribution in [2.24, 2.45) is 5.41 Å². The number of imide groups is 1. The maximum absolute atomic E-state index is 12.4. The lowest BCUT2D eigenvalue weighted by Gasteiger charge is -2.26. The number of aryl methyl sites for hydroxylation is 1. The molecule has 1 N–H and O–H groups in total. The Kier molecular flexibility index (Phi) is 3.75. The molecule has 3 rings (SSSR count). The third-order valence-corrected chi connectivity index (χ3v) is 4.69. The summed E-state index contributed by atoms with van der Waals surface area (Å²) in [5.41, 5.74) is 0.0986. The van der Waals surface area contributed by atoms with Crippen LogP contribution in [-0.4, -0.2) is 34.8 Å². The second-order valence-electron chi connectivity index (χ2n) is 6.27. The van der Waals surface area contributed by atoms with Gasteiger partial charge in [0.05, 0.1) is 10.3 Å². The Morgan fingerprint density at radius 2 is 2.17 bits per heavy atom. The minimum Gasteiger partial charge on any atom is -0.355 e. The maximum Gasteiger partial charge on any atom is 0.287 e. The van der Waals surface area contributed by atoms with E-state index in [9.17, 15) is 19.7 Å². The number of amides is 2. The van der Waals surface area contributed by atoms with E-state index in [1.165, 1.54) is 12.3 Å². The van der Waals surface area contributed by atoms with Crippen LogP contribution in [0.15, 0.2) is 12.3 Å². The third-order valence-electron chi connectivity index (χ3n) is 4.69. The zero-order valence-corrected chi connectivity index (χ0v) is 12.9. The fourth-order valence-electron chi connectivity index (χ4n) is 3.45. The molecule has 0 aliphatic carbocycles. The molecule has 0 bridgehead atoms. The van der Waals surface area contributed by atoms with Gasteiger partial charge in [0.1, 0.15) is 12.0 Å². The largest absolute Gasteiger partial charge is 0.355 e. The van der Waals surface area contributed by atoms with Crippen LogP contribution in [0.5, 0.6) is 0 Å². The van der Waals surface area contributed by atoms with Crippen LogP contribution in [-0.2, 0) is 9.59 Å². The van der Waals surface area contributed by atoms with Crippen molar-refractivity contribution in [3.8, 4) is 0 Å². The molecule has 8 heteroatoms. The Morgan fingerprint density at radius 1 is 1.39 bits per heavy atom. The van der Waals surface area contributed by atoms with E-state index in [2.05, 4.69) is 10.3 Å². The highest BCUT2D eigenvalue weighted by Gasteiger charge is 2.46. The molecule has 1 aromatic rings. The summed E-state index contributed by atoms with van der Waals surface area (Å²) < 4.78 is 0. The predicted molar refractivity (Wildman–Crippen MR) is 81.9 cm³/mol. The minimum atomic E-state index is -0.567. The Balaban J connectivity index is 1.83. The van der Waals surface area contributed by atoms with Gasteiger partial charge in [0.2, 0.25) is 11.8 Å². The Hall–Kier alpha value is -2.51. The van der Waals surface area contributed by atoms with Crippen LogP contribution in [0.2, 0.25) is 0 Å².